The molecular weight excluding hydrogens is 196 g/mol. The summed E-state index contributed by atoms with van der Waals surface area (Å²) in [5.74, 6) is 0.651. The molecule has 84 valence electrons. The van der Waals surface area contributed by atoms with Gasteiger partial charge in [0, 0.05) is 25.1 Å². The van der Waals surface area contributed by atoms with E-state index in [1.807, 2.05) is 13.8 Å². The maximum Gasteiger partial charge on any atom is 0.273 e. The molecule has 2 N–H and O–H groups in total. The van der Waals surface area contributed by atoms with Gasteiger partial charge in [-0.05, 0) is 6.42 Å². The van der Waals surface area contributed by atoms with Gasteiger partial charge in [0.2, 0.25) is 0 Å². The molecule has 1 amide bonds. The van der Waals surface area contributed by atoms with E-state index in [4.69, 9.17) is 9.63 Å². The molecule has 0 aliphatic carbocycles. The summed E-state index contributed by atoms with van der Waals surface area (Å²) < 4.78 is 4.99. The Hall–Kier alpha value is -1.36. The van der Waals surface area contributed by atoms with Crippen LogP contribution in [0.4, 0.5) is 0 Å². The largest absolute Gasteiger partial charge is 0.396 e. The van der Waals surface area contributed by atoms with Crippen molar-refractivity contribution in [2.45, 2.75) is 26.2 Å². The maximum absolute atomic E-state index is 11.4. The van der Waals surface area contributed by atoms with Crippen LogP contribution in [0.15, 0.2) is 10.6 Å². The molecule has 0 saturated carbocycles. The van der Waals surface area contributed by atoms with Crippen molar-refractivity contribution in [2.75, 3.05) is 13.2 Å². The molecule has 1 aromatic heterocycles. The first-order valence-electron chi connectivity index (χ1n) is 5.00. The molecule has 5 heteroatoms. The van der Waals surface area contributed by atoms with Crippen molar-refractivity contribution in [1.29, 1.82) is 0 Å². The van der Waals surface area contributed by atoms with Gasteiger partial charge in [0.1, 0.15) is 5.76 Å². The fourth-order valence-electron chi connectivity index (χ4n) is 1.04. The predicted octanol–water partition coefficient (Wildman–Crippen LogP) is 0.910. The lowest BCUT2D eigenvalue weighted by molar-refractivity contribution is 0.0942. The number of carbonyl (C=O) groups is 1. The minimum absolute atomic E-state index is 0.0658. The summed E-state index contributed by atoms with van der Waals surface area (Å²) in [4.78, 5) is 11.4. The Balaban J connectivity index is 2.51. The van der Waals surface area contributed by atoms with Gasteiger partial charge in [-0.2, -0.15) is 0 Å². The zero-order chi connectivity index (χ0) is 11.3. The molecule has 0 spiro atoms. The van der Waals surface area contributed by atoms with Gasteiger partial charge in [0.25, 0.3) is 5.91 Å². The molecule has 0 fully saturated rings. The molecular formula is C10H16N2O3. The number of aromatic nitrogens is 1. The van der Waals surface area contributed by atoms with Crippen LogP contribution >= 0.6 is 0 Å². The van der Waals surface area contributed by atoms with Crippen LogP contribution in [-0.4, -0.2) is 29.3 Å². The van der Waals surface area contributed by atoms with Crippen LogP contribution in [0.25, 0.3) is 0 Å². The Morgan fingerprint density at radius 1 is 1.67 bits per heavy atom. The van der Waals surface area contributed by atoms with Crippen LogP contribution in [0.5, 0.6) is 0 Å². The molecule has 0 bridgehead atoms. The molecule has 0 atom stereocenters. The maximum atomic E-state index is 11.4. The van der Waals surface area contributed by atoms with E-state index in [1.54, 1.807) is 6.07 Å². The van der Waals surface area contributed by atoms with E-state index in [2.05, 4.69) is 10.5 Å². The SMILES string of the molecule is CC(C)c1cc(C(=O)NCCCO)no1. The summed E-state index contributed by atoms with van der Waals surface area (Å²) in [6, 6.07) is 1.64. The smallest absolute Gasteiger partial charge is 0.273 e. The molecule has 5 nitrogen and oxygen atoms in total. The van der Waals surface area contributed by atoms with Gasteiger partial charge < -0.3 is 14.9 Å². The van der Waals surface area contributed by atoms with Crippen molar-refractivity contribution in [3.63, 3.8) is 0 Å². The van der Waals surface area contributed by atoms with E-state index < -0.39 is 0 Å². The lowest BCUT2D eigenvalue weighted by Gasteiger charge is -1.99. The lowest BCUT2D eigenvalue weighted by Crippen LogP contribution is -2.25. The normalized spacial score (nSPS) is 10.7. The van der Waals surface area contributed by atoms with Crippen molar-refractivity contribution in [3.8, 4) is 0 Å². The van der Waals surface area contributed by atoms with E-state index in [0.717, 1.165) is 0 Å². The monoisotopic (exact) mass is 212 g/mol. The van der Waals surface area contributed by atoms with Crippen LogP contribution in [0.2, 0.25) is 0 Å². The Labute approximate surface area is 88.5 Å². The number of nitrogens with zero attached hydrogens (tertiary/aromatic N) is 1. The fourth-order valence-corrected chi connectivity index (χ4v) is 1.04. The molecule has 0 aliphatic heterocycles. The summed E-state index contributed by atoms with van der Waals surface area (Å²) in [5, 5.41) is 14.8. The average Bonchev–Trinajstić information content (AvgIpc) is 2.66. The zero-order valence-corrected chi connectivity index (χ0v) is 8.99. The summed E-state index contributed by atoms with van der Waals surface area (Å²) in [6.45, 7) is 4.44. The Morgan fingerprint density at radius 2 is 2.40 bits per heavy atom. The molecule has 1 heterocycles. The summed E-state index contributed by atoms with van der Waals surface area (Å²) in [7, 11) is 0. The molecule has 0 unspecified atom stereocenters. The molecule has 1 aromatic rings. The Bertz CT molecular complexity index is 320. The van der Waals surface area contributed by atoms with Gasteiger partial charge in [0.15, 0.2) is 5.69 Å². The van der Waals surface area contributed by atoms with Crippen molar-refractivity contribution in [1.82, 2.24) is 10.5 Å². The standard InChI is InChI=1S/C10H16N2O3/c1-7(2)9-6-8(12-15-9)10(14)11-4-3-5-13/h6-7,13H,3-5H2,1-2H3,(H,11,14). The third kappa shape index (κ3) is 3.36. The number of carbonyl (C=O) groups excluding carboxylic acids is 1. The van der Waals surface area contributed by atoms with E-state index >= 15 is 0 Å². The van der Waals surface area contributed by atoms with E-state index in [9.17, 15) is 4.79 Å². The number of hydrogen-bond donors (Lipinski definition) is 2. The first-order chi connectivity index (χ1) is 7.15. The summed E-state index contributed by atoms with van der Waals surface area (Å²) in [5.41, 5.74) is 0.289. The highest BCUT2D eigenvalue weighted by atomic mass is 16.5. The second-order valence-electron chi connectivity index (χ2n) is 3.60. The van der Waals surface area contributed by atoms with Crippen molar-refractivity contribution in [2.24, 2.45) is 0 Å². The first kappa shape index (κ1) is 11.7. The zero-order valence-electron chi connectivity index (χ0n) is 8.99. The summed E-state index contributed by atoms with van der Waals surface area (Å²) in [6.07, 6.45) is 0.542. The quantitative estimate of drug-likeness (QED) is 0.711. The molecule has 0 aliphatic rings. The minimum atomic E-state index is -0.265. The van der Waals surface area contributed by atoms with E-state index in [1.165, 1.54) is 0 Å². The van der Waals surface area contributed by atoms with E-state index in [0.29, 0.717) is 18.7 Å². The number of aliphatic hydroxyl groups is 1. The van der Waals surface area contributed by atoms with Gasteiger partial charge >= 0.3 is 0 Å². The molecule has 0 saturated heterocycles. The number of rotatable bonds is 5. The van der Waals surface area contributed by atoms with Crippen molar-refractivity contribution < 1.29 is 14.4 Å². The molecule has 1 rings (SSSR count). The molecule has 0 aromatic carbocycles. The predicted molar refractivity (Wildman–Crippen MR) is 54.6 cm³/mol. The van der Waals surface area contributed by atoms with Crippen LogP contribution in [0.1, 0.15) is 42.4 Å². The third-order valence-corrected chi connectivity index (χ3v) is 1.95. The number of hydrogen-bond acceptors (Lipinski definition) is 4. The van der Waals surface area contributed by atoms with Crippen molar-refractivity contribution >= 4 is 5.91 Å². The second kappa shape index (κ2) is 5.50. The lowest BCUT2D eigenvalue weighted by atomic mass is 10.1. The van der Waals surface area contributed by atoms with Crippen molar-refractivity contribution in [3.05, 3.63) is 17.5 Å². The van der Waals surface area contributed by atoms with Crippen LogP contribution in [0.3, 0.4) is 0 Å². The average molecular weight is 212 g/mol. The highest BCUT2D eigenvalue weighted by Crippen LogP contribution is 2.14. The van der Waals surface area contributed by atoms with Crippen LogP contribution in [0, 0.1) is 0 Å². The Kier molecular flexibility index (Phi) is 4.30. The first-order valence-corrected chi connectivity index (χ1v) is 5.00. The van der Waals surface area contributed by atoms with Gasteiger partial charge in [-0.3, -0.25) is 4.79 Å². The van der Waals surface area contributed by atoms with E-state index in [-0.39, 0.29) is 24.1 Å². The number of aliphatic hydroxyl groups excluding tert-OH is 1. The summed E-state index contributed by atoms with van der Waals surface area (Å²) >= 11 is 0. The molecule has 15 heavy (non-hydrogen) atoms. The van der Waals surface area contributed by atoms with Gasteiger partial charge in [-0.1, -0.05) is 19.0 Å². The van der Waals surface area contributed by atoms with Crippen LogP contribution < -0.4 is 5.32 Å². The highest BCUT2D eigenvalue weighted by molar-refractivity contribution is 5.92. The van der Waals surface area contributed by atoms with Gasteiger partial charge in [-0.15, -0.1) is 0 Å². The van der Waals surface area contributed by atoms with Crippen LogP contribution in [-0.2, 0) is 0 Å². The Morgan fingerprint density at radius 3 is 2.93 bits per heavy atom. The second-order valence-corrected chi connectivity index (χ2v) is 3.60. The fraction of sp³-hybridized carbons (Fsp3) is 0.600. The number of amides is 1. The van der Waals surface area contributed by atoms with Gasteiger partial charge in [-0.25, -0.2) is 0 Å². The third-order valence-electron chi connectivity index (χ3n) is 1.95. The van der Waals surface area contributed by atoms with Gasteiger partial charge in [0.05, 0.1) is 0 Å². The molecule has 0 radical (unpaired) electrons. The minimum Gasteiger partial charge on any atom is -0.396 e. The topological polar surface area (TPSA) is 75.4 Å². The highest BCUT2D eigenvalue weighted by Gasteiger charge is 2.13. The number of nitrogens with one attached hydrogen (secondary N) is 1.